The molecular formula is C30H44O10. The van der Waals surface area contributed by atoms with Gasteiger partial charge in [0.25, 0.3) is 0 Å². The van der Waals surface area contributed by atoms with Crippen LogP contribution in [0.5, 0.6) is 0 Å². The molecule has 6 rings (SSSR count). The van der Waals surface area contributed by atoms with Crippen LogP contribution in [0.15, 0.2) is 11.6 Å². The van der Waals surface area contributed by atoms with Crippen LogP contribution in [0, 0.1) is 28.6 Å². The first-order valence-corrected chi connectivity index (χ1v) is 14.9. The van der Waals surface area contributed by atoms with E-state index in [-0.39, 0.29) is 36.8 Å². The predicted molar refractivity (Wildman–Crippen MR) is 140 cm³/mol. The zero-order valence-electron chi connectivity index (χ0n) is 23.7. The Labute approximate surface area is 235 Å². The average molecular weight is 565 g/mol. The van der Waals surface area contributed by atoms with Gasteiger partial charge >= 0.3 is 5.97 Å². The smallest absolute Gasteiger partial charge is 0.331 e. The van der Waals surface area contributed by atoms with Crippen LogP contribution in [-0.2, 0) is 28.5 Å². The van der Waals surface area contributed by atoms with Crippen LogP contribution in [0.2, 0.25) is 0 Å². The first-order valence-electron chi connectivity index (χ1n) is 14.9. The molecule has 2 aliphatic heterocycles. The molecule has 13 unspecified atom stereocenters. The fraction of sp³-hybridized carbons (Fsp3) is 0.867. The maximum absolute atomic E-state index is 13.0. The lowest BCUT2D eigenvalue weighted by Gasteiger charge is -2.65. The third kappa shape index (κ3) is 3.86. The van der Waals surface area contributed by atoms with Crippen molar-refractivity contribution in [1.82, 2.24) is 0 Å². The highest BCUT2D eigenvalue weighted by molar-refractivity contribution is 5.85. The lowest BCUT2D eigenvalue weighted by molar-refractivity contribution is -0.319. The molecule has 10 nitrogen and oxygen atoms in total. The molecular weight excluding hydrogens is 520 g/mol. The molecule has 0 radical (unpaired) electrons. The maximum atomic E-state index is 13.0. The summed E-state index contributed by atoms with van der Waals surface area (Å²) >= 11 is 0. The molecule has 0 aromatic rings. The first kappa shape index (κ1) is 28.7. The topological polar surface area (TPSA) is 152 Å². The number of aliphatic hydroxyl groups excluding tert-OH is 2. The Morgan fingerprint density at radius 2 is 1.77 bits per heavy atom. The highest BCUT2D eigenvalue weighted by Gasteiger charge is 2.71. The number of aldehydes is 1. The molecule has 4 aliphatic carbocycles. The summed E-state index contributed by atoms with van der Waals surface area (Å²) in [5, 5.41) is 45.6. The third-order valence-corrected chi connectivity index (χ3v) is 12.2. The van der Waals surface area contributed by atoms with Crippen LogP contribution in [-0.4, -0.2) is 94.4 Å². The summed E-state index contributed by atoms with van der Waals surface area (Å²) in [6.07, 6.45) is 2.28. The molecule has 13 atom stereocenters. The highest BCUT2D eigenvalue weighted by atomic mass is 16.7. The van der Waals surface area contributed by atoms with Gasteiger partial charge in [-0.05, 0) is 81.6 Å². The second-order valence-electron chi connectivity index (χ2n) is 13.6. The molecule has 1 saturated heterocycles. The molecule has 5 fully saturated rings. The largest absolute Gasteiger partial charge is 0.458 e. The van der Waals surface area contributed by atoms with Crippen LogP contribution in [0.25, 0.3) is 0 Å². The standard InChI is InChI=1S/C30H44O10/c1-16-23(33)25(37-3)24(34)26(39-16)40-18-4-9-28(15-31)20-5-8-27(2)19(17-12-22(32)38-14-17)7-11-30(27,36)21(20)6-10-29(28,35)13-18/h12,15-16,18-21,23-26,33-36H,4-11,13-14H2,1-3H3. The van der Waals surface area contributed by atoms with Crippen molar-refractivity contribution in [3.8, 4) is 0 Å². The summed E-state index contributed by atoms with van der Waals surface area (Å²) in [6.45, 7) is 4.10. The second kappa shape index (κ2) is 9.82. The molecule has 224 valence electrons. The van der Waals surface area contributed by atoms with Crippen molar-refractivity contribution < 1.29 is 49.0 Å². The number of hydrogen-bond acceptors (Lipinski definition) is 10. The Bertz CT molecular complexity index is 1060. The maximum Gasteiger partial charge on any atom is 0.331 e. The van der Waals surface area contributed by atoms with Crippen molar-refractivity contribution in [2.75, 3.05) is 13.7 Å². The Kier molecular flexibility index (Phi) is 7.05. The van der Waals surface area contributed by atoms with E-state index in [1.807, 2.05) is 0 Å². The normalized spacial score (nSPS) is 54.1. The lowest BCUT2D eigenvalue weighted by atomic mass is 9.41. The number of aliphatic hydroxyl groups is 4. The number of fused-ring (bicyclic) bond motifs is 5. The molecule has 0 aromatic carbocycles. The molecule has 0 bridgehead atoms. The quantitative estimate of drug-likeness (QED) is 0.219. The van der Waals surface area contributed by atoms with E-state index < -0.39 is 58.8 Å². The van der Waals surface area contributed by atoms with Gasteiger partial charge in [0, 0.05) is 25.0 Å². The summed E-state index contributed by atoms with van der Waals surface area (Å²) in [5.74, 6) is -0.563. The van der Waals surface area contributed by atoms with Crippen molar-refractivity contribution in [2.45, 2.75) is 120 Å². The molecule has 0 amide bonds. The van der Waals surface area contributed by atoms with E-state index in [1.54, 1.807) is 13.0 Å². The number of carbonyl (C=O) groups is 2. The molecule has 2 heterocycles. The predicted octanol–water partition coefficient (Wildman–Crippen LogP) is 1.40. The first-order chi connectivity index (χ1) is 18.9. The zero-order valence-corrected chi connectivity index (χ0v) is 23.7. The van der Waals surface area contributed by atoms with Gasteiger partial charge in [-0.2, -0.15) is 0 Å². The van der Waals surface area contributed by atoms with Crippen molar-refractivity contribution in [3.05, 3.63) is 11.6 Å². The van der Waals surface area contributed by atoms with Crippen molar-refractivity contribution in [3.63, 3.8) is 0 Å². The molecule has 0 spiro atoms. The SMILES string of the molecule is COC1C(O)C(C)OC(OC2CCC3(C=O)C4CCC5(C)C(C6=CC(=O)OC6)CCC5(O)C4CCC3(O)C2)C1O. The van der Waals surface area contributed by atoms with E-state index in [0.717, 1.165) is 18.3 Å². The van der Waals surface area contributed by atoms with Gasteiger partial charge in [-0.25, -0.2) is 4.79 Å². The van der Waals surface area contributed by atoms with E-state index in [0.29, 0.717) is 44.9 Å². The van der Waals surface area contributed by atoms with Crippen LogP contribution in [0.4, 0.5) is 0 Å². The Morgan fingerprint density at radius 3 is 2.45 bits per heavy atom. The summed E-state index contributed by atoms with van der Waals surface area (Å²) in [5.41, 5.74) is -2.77. The van der Waals surface area contributed by atoms with Crippen molar-refractivity contribution in [2.24, 2.45) is 28.6 Å². The Hall–Kier alpha value is -1.40. The highest BCUT2D eigenvalue weighted by Crippen LogP contribution is 2.70. The van der Waals surface area contributed by atoms with Gasteiger partial charge < -0.3 is 44.2 Å². The number of rotatable bonds is 5. The molecule has 10 heteroatoms. The number of carbonyl (C=O) groups excluding carboxylic acids is 2. The molecule has 4 N–H and O–H groups in total. The van der Waals surface area contributed by atoms with E-state index >= 15 is 0 Å². The van der Waals surface area contributed by atoms with Gasteiger partial charge in [-0.3, -0.25) is 0 Å². The van der Waals surface area contributed by atoms with E-state index in [1.165, 1.54) is 7.11 Å². The minimum Gasteiger partial charge on any atom is -0.458 e. The fourth-order valence-corrected chi connectivity index (χ4v) is 10.0. The molecule has 0 aromatic heterocycles. The second-order valence-corrected chi connectivity index (χ2v) is 13.6. The molecule has 40 heavy (non-hydrogen) atoms. The summed E-state index contributed by atoms with van der Waals surface area (Å²) in [7, 11) is 1.42. The van der Waals surface area contributed by atoms with Crippen molar-refractivity contribution >= 4 is 12.3 Å². The number of methoxy groups -OCH3 is 1. The van der Waals surface area contributed by atoms with Crippen LogP contribution in [0.3, 0.4) is 0 Å². The van der Waals surface area contributed by atoms with Crippen molar-refractivity contribution in [1.29, 1.82) is 0 Å². The summed E-state index contributed by atoms with van der Waals surface area (Å²) < 4.78 is 22.4. The number of ether oxygens (including phenoxy) is 4. The third-order valence-electron chi connectivity index (χ3n) is 12.2. The van der Waals surface area contributed by atoms with Gasteiger partial charge in [0.2, 0.25) is 0 Å². The van der Waals surface area contributed by atoms with Crippen LogP contribution >= 0.6 is 0 Å². The minimum atomic E-state index is -1.30. The number of hydrogen-bond donors (Lipinski definition) is 4. The number of cyclic esters (lactones) is 1. The minimum absolute atomic E-state index is 0.0563. The van der Waals surface area contributed by atoms with Crippen LogP contribution < -0.4 is 0 Å². The number of esters is 1. The summed E-state index contributed by atoms with van der Waals surface area (Å²) in [6, 6.07) is 0. The zero-order chi connectivity index (χ0) is 28.7. The fourth-order valence-electron chi connectivity index (χ4n) is 10.0. The average Bonchev–Trinajstić information content (AvgIpc) is 3.46. The summed E-state index contributed by atoms with van der Waals surface area (Å²) in [4.78, 5) is 24.8. The van der Waals surface area contributed by atoms with Gasteiger partial charge in [-0.1, -0.05) is 6.92 Å². The molecule has 6 aliphatic rings. The van der Waals surface area contributed by atoms with Gasteiger partial charge in [0.15, 0.2) is 6.29 Å². The van der Waals surface area contributed by atoms with Gasteiger partial charge in [0.05, 0.1) is 28.8 Å². The van der Waals surface area contributed by atoms with E-state index in [2.05, 4.69) is 6.92 Å². The van der Waals surface area contributed by atoms with Crippen LogP contribution in [0.1, 0.15) is 71.6 Å². The van der Waals surface area contributed by atoms with Gasteiger partial charge in [-0.15, -0.1) is 0 Å². The molecule has 4 saturated carbocycles. The lowest BCUT2D eigenvalue weighted by Crippen LogP contribution is -2.69. The van der Waals surface area contributed by atoms with E-state index in [4.69, 9.17) is 18.9 Å². The van der Waals surface area contributed by atoms with Gasteiger partial charge in [0.1, 0.15) is 31.2 Å². The monoisotopic (exact) mass is 564 g/mol. The Morgan fingerprint density at radius 1 is 1.02 bits per heavy atom. The van der Waals surface area contributed by atoms with E-state index in [9.17, 15) is 30.0 Å². The Balaban J connectivity index is 1.22.